The molecule has 0 bridgehead atoms. The predicted octanol–water partition coefficient (Wildman–Crippen LogP) is 1.62. The van der Waals surface area contributed by atoms with Crippen molar-refractivity contribution in [3.8, 4) is 0 Å². The van der Waals surface area contributed by atoms with Crippen LogP contribution in [-0.2, 0) is 9.53 Å². The van der Waals surface area contributed by atoms with E-state index < -0.39 is 0 Å². The van der Waals surface area contributed by atoms with Crippen LogP contribution in [0.25, 0.3) is 0 Å². The Morgan fingerprint density at radius 2 is 2.33 bits per heavy atom. The third-order valence-electron chi connectivity index (χ3n) is 3.48. The molecular weight excluding hydrogens is 334 g/mol. The summed E-state index contributed by atoms with van der Waals surface area (Å²) in [6.07, 6.45) is 0.158. The molecule has 1 saturated heterocycles. The van der Waals surface area contributed by atoms with Gasteiger partial charge >= 0.3 is 0 Å². The third-order valence-corrected chi connectivity index (χ3v) is 3.98. The molecule has 0 aromatic heterocycles. The number of morpholine rings is 1. The van der Waals surface area contributed by atoms with Crippen LogP contribution < -0.4 is 10.6 Å². The Morgan fingerprint density at radius 1 is 1.52 bits per heavy atom. The Bertz CT molecular complexity index is 494. The molecule has 1 aromatic carbocycles. The first kappa shape index (κ1) is 16.4. The zero-order valence-electron chi connectivity index (χ0n) is 12.5. The Morgan fingerprint density at radius 3 is 3.05 bits per heavy atom. The Labute approximate surface area is 134 Å². The number of nitrogens with zero attached hydrogens (tertiary/aromatic N) is 1. The molecule has 1 aliphatic rings. The fourth-order valence-electron chi connectivity index (χ4n) is 2.44. The first-order valence-corrected chi connectivity index (χ1v) is 7.92. The van der Waals surface area contributed by atoms with Gasteiger partial charge in [0.05, 0.1) is 19.3 Å². The maximum Gasteiger partial charge on any atom is 0.238 e. The van der Waals surface area contributed by atoms with Crippen LogP contribution in [0.15, 0.2) is 22.7 Å². The fraction of sp³-hybridized carbons (Fsp3) is 0.533. The molecule has 1 aliphatic heterocycles. The van der Waals surface area contributed by atoms with Gasteiger partial charge in [0.25, 0.3) is 0 Å². The Hall–Kier alpha value is -0.950. The molecule has 1 heterocycles. The number of carbonyl (C=O) groups excluding carboxylic acids is 1. The van der Waals surface area contributed by atoms with E-state index in [4.69, 9.17) is 4.74 Å². The summed E-state index contributed by atoms with van der Waals surface area (Å²) in [5.74, 6) is 0.0190. The summed E-state index contributed by atoms with van der Waals surface area (Å²) in [6, 6.07) is 5.84. The van der Waals surface area contributed by atoms with Crippen LogP contribution in [-0.4, -0.2) is 56.7 Å². The summed E-state index contributed by atoms with van der Waals surface area (Å²) >= 11 is 3.42. The van der Waals surface area contributed by atoms with E-state index in [9.17, 15) is 4.79 Å². The van der Waals surface area contributed by atoms with E-state index in [1.165, 1.54) is 0 Å². The molecule has 1 aromatic rings. The van der Waals surface area contributed by atoms with E-state index >= 15 is 0 Å². The van der Waals surface area contributed by atoms with Crippen LogP contribution >= 0.6 is 15.9 Å². The second-order valence-corrected chi connectivity index (χ2v) is 6.21. The molecule has 5 nitrogen and oxygen atoms in total. The minimum Gasteiger partial charge on any atom is -0.374 e. The van der Waals surface area contributed by atoms with Crippen molar-refractivity contribution in [2.45, 2.75) is 13.0 Å². The first-order chi connectivity index (χ1) is 10.1. The van der Waals surface area contributed by atoms with Gasteiger partial charge in [-0.15, -0.1) is 0 Å². The van der Waals surface area contributed by atoms with Gasteiger partial charge in [0.15, 0.2) is 0 Å². The van der Waals surface area contributed by atoms with Gasteiger partial charge in [-0.1, -0.05) is 15.9 Å². The number of anilines is 1. The molecule has 0 aliphatic carbocycles. The van der Waals surface area contributed by atoms with E-state index in [-0.39, 0.29) is 12.0 Å². The number of hydrogen-bond acceptors (Lipinski definition) is 4. The number of halogens is 1. The van der Waals surface area contributed by atoms with Gasteiger partial charge in [-0.3, -0.25) is 9.69 Å². The van der Waals surface area contributed by atoms with Gasteiger partial charge in [-0.05, 0) is 37.7 Å². The monoisotopic (exact) mass is 355 g/mol. The van der Waals surface area contributed by atoms with Crippen molar-refractivity contribution in [1.82, 2.24) is 10.2 Å². The summed E-state index contributed by atoms with van der Waals surface area (Å²) in [5, 5.41) is 6.08. The van der Waals surface area contributed by atoms with Crippen molar-refractivity contribution in [2.75, 3.05) is 45.2 Å². The van der Waals surface area contributed by atoms with Crippen LogP contribution in [0.2, 0.25) is 0 Å². The highest BCUT2D eigenvalue weighted by Gasteiger charge is 2.21. The molecule has 1 unspecified atom stereocenters. The lowest BCUT2D eigenvalue weighted by atomic mass is 10.2. The van der Waals surface area contributed by atoms with Crippen molar-refractivity contribution in [3.63, 3.8) is 0 Å². The summed E-state index contributed by atoms with van der Waals surface area (Å²) in [4.78, 5) is 14.3. The van der Waals surface area contributed by atoms with Crippen LogP contribution in [0, 0.1) is 6.92 Å². The zero-order chi connectivity index (χ0) is 15.2. The first-order valence-electron chi connectivity index (χ1n) is 7.13. The van der Waals surface area contributed by atoms with Crippen molar-refractivity contribution in [3.05, 3.63) is 28.2 Å². The molecule has 0 radical (unpaired) electrons. The van der Waals surface area contributed by atoms with Gasteiger partial charge in [-0.25, -0.2) is 0 Å². The minimum atomic E-state index is 0.0190. The summed E-state index contributed by atoms with van der Waals surface area (Å²) in [5.41, 5.74) is 1.91. The highest BCUT2D eigenvalue weighted by atomic mass is 79.9. The molecule has 1 fully saturated rings. The van der Waals surface area contributed by atoms with Crippen molar-refractivity contribution in [2.24, 2.45) is 0 Å². The standard InChI is InChI=1S/C15H22BrN3O2/c1-11-7-12(16)3-4-14(11)18-15(20)10-19-5-6-21-13(9-19)8-17-2/h3-4,7,13,17H,5-6,8-10H2,1-2H3,(H,18,20). The molecule has 21 heavy (non-hydrogen) atoms. The number of likely N-dealkylation sites (N-methyl/N-ethyl adjacent to an activating group) is 1. The lowest BCUT2D eigenvalue weighted by Crippen LogP contribution is -2.48. The van der Waals surface area contributed by atoms with Gasteiger partial charge in [-0.2, -0.15) is 0 Å². The topological polar surface area (TPSA) is 53.6 Å². The Kier molecular flexibility index (Phi) is 6.17. The number of amides is 1. The lowest BCUT2D eigenvalue weighted by Gasteiger charge is -2.32. The van der Waals surface area contributed by atoms with Crippen LogP contribution in [0.1, 0.15) is 5.56 Å². The van der Waals surface area contributed by atoms with Crippen LogP contribution in [0.5, 0.6) is 0 Å². The lowest BCUT2D eigenvalue weighted by molar-refractivity contribution is -0.119. The highest BCUT2D eigenvalue weighted by Crippen LogP contribution is 2.20. The number of hydrogen-bond donors (Lipinski definition) is 2. The number of nitrogens with one attached hydrogen (secondary N) is 2. The van der Waals surface area contributed by atoms with Gasteiger partial charge in [0.1, 0.15) is 0 Å². The number of benzene rings is 1. The molecule has 0 spiro atoms. The average Bonchev–Trinajstić information content (AvgIpc) is 2.43. The van der Waals surface area contributed by atoms with E-state index in [2.05, 4.69) is 31.5 Å². The van der Waals surface area contributed by atoms with E-state index in [1.54, 1.807) is 0 Å². The largest absolute Gasteiger partial charge is 0.374 e. The number of carbonyl (C=O) groups is 1. The second kappa shape index (κ2) is 7.89. The Balaban J connectivity index is 1.86. The van der Waals surface area contributed by atoms with Crippen LogP contribution in [0.3, 0.4) is 0 Å². The van der Waals surface area contributed by atoms with E-state index in [0.717, 1.165) is 35.4 Å². The van der Waals surface area contributed by atoms with Gasteiger partial charge in [0, 0.05) is 29.8 Å². The minimum absolute atomic E-state index is 0.0190. The summed E-state index contributed by atoms with van der Waals surface area (Å²) in [7, 11) is 1.91. The van der Waals surface area contributed by atoms with Crippen molar-refractivity contribution in [1.29, 1.82) is 0 Å². The normalized spacial score (nSPS) is 19.5. The van der Waals surface area contributed by atoms with Gasteiger partial charge in [0.2, 0.25) is 5.91 Å². The number of rotatable bonds is 5. The molecule has 1 atom stereocenters. The molecule has 116 valence electrons. The molecule has 0 saturated carbocycles. The summed E-state index contributed by atoms with van der Waals surface area (Å²) in [6.45, 7) is 5.46. The molecule has 6 heteroatoms. The maximum atomic E-state index is 12.2. The quantitative estimate of drug-likeness (QED) is 0.842. The average molecular weight is 356 g/mol. The van der Waals surface area contributed by atoms with Gasteiger partial charge < -0.3 is 15.4 Å². The SMILES string of the molecule is CNCC1CN(CC(=O)Nc2ccc(Br)cc2C)CCO1. The molecule has 1 amide bonds. The zero-order valence-corrected chi connectivity index (χ0v) is 14.1. The predicted molar refractivity (Wildman–Crippen MR) is 87.6 cm³/mol. The van der Waals surface area contributed by atoms with Crippen molar-refractivity contribution >= 4 is 27.5 Å². The second-order valence-electron chi connectivity index (χ2n) is 5.29. The molecule has 2 rings (SSSR count). The number of aryl methyl sites for hydroxylation is 1. The third kappa shape index (κ3) is 5.07. The summed E-state index contributed by atoms with van der Waals surface area (Å²) < 4.78 is 6.65. The van der Waals surface area contributed by atoms with Crippen molar-refractivity contribution < 1.29 is 9.53 Å². The fourth-order valence-corrected chi connectivity index (χ4v) is 2.91. The van der Waals surface area contributed by atoms with Crippen LogP contribution in [0.4, 0.5) is 5.69 Å². The molecule has 2 N–H and O–H groups in total. The van der Waals surface area contributed by atoms with E-state index in [1.807, 2.05) is 32.2 Å². The smallest absolute Gasteiger partial charge is 0.238 e. The maximum absolute atomic E-state index is 12.2. The number of ether oxygens (including phenoxy) is 1. The molecular formula is C15H22BrN3O2. The highest BCUT2D eigenvalue weighted by molar-refractivity contribution is 9.10. The van der Waals surface area contributed by atoms with E-state index in [0.29, 0.717) is 13.2 Å².